The van der Waals surface area contributed by atoms with Crippen LogP contribution in [0.25, 0.3) is 0 Å². The molecule has 2 aliphatic rings. The lowest BCUT2D eigenvalue weighted by Gasteiger charge is -2.20. The Morgan fingerprint density at radius 2 is 1.84 bits per heavy atom. The standard InChI is InChI=1S/C16H24N2O/c1-12(2)19-16-7-5-15(6-8-16)18-10-9-14(11-18)17-13-3-4-13/h5-8,12-14,17H,3-4,9-11H2,1-2H3. The lowest BCUT2D eigenvalue weighted by molar-refractivity contribution is 0.242. The average molecular weight is 260 g/mol. The molecule has 1 aromatic carbocycles. The fourth-order valence-corrected chi connectivity index (χ4v) is 2.72. The Balaban J connectivity index is 1.56. The van der Waals surface area contributed by atoms with Gasteiger partial charge in [0.15, 0.2) is 0 Å². The summed E-state index contributed by atoms with van der Waals surface area (Å²) < 4.78 is 5.68. The molecule has 1 unspecified atom stereocenters. The molecule has 1 saturated heterocycles. The van der Waals surface area contributed by atoms with Crippen LogP contribution < -0.4 is 15.0 Å². The largest absolute Gasteiger partial charge is 0.491 e. The predicted molar refractivity (Wildman–Crippen MR) is 79.0 cm³/mol. The fourth-order valence-electron chi connectivity index (χ4n) is 2.72. The van der Waals surface area contributed by atoms with Gasteiger partial charge in [-0.3, -0.25) is 0 Å². The summed E-state index contributed by atoms with van der Waals surface area (Å²) in [5.41, 5.74) is 1.32. The van der Waals surface area contributed by atoms with E-state index in [0.29, 0.717) is 6.04 Å². The maximum atomic E-state index is 5.68. The minimum Gasteiger partial charge on any atom is -0.491 e. The lowest BCUT2D eigenvalue weighted by Crippen LogP contribution is -2.33. The number of ether oxygens (including phenoxy) is 1. The number of nitrogens with zero attached hydrogens (tertiary/aromatic N) is 1. The first-order valence-electron chi connectivity index (χ1n) is 7.48. The van der Waals surface area contributed by atoms with Gasteiger partial charge < -0.3 is 15.0 Å². The van der Waals surface area contributed by atoms with Crippen molar-refractivity contribution in [1.82, 2.24) is 5.32 Å². The Hall–Kier alpha value is -1.22. The number of hydrogen-bond acceptors (Lipinski definition) is 3. The van der Waals surface area contributed by atoms with Crippen molar-refractivity contribution in [2.75, 3.05) is 18.0 Å². The Morgan fingerprint density at radius 1 is 1.11 bits per heavy atom. The van der Waals surface area contributed by atoms with E-state index >= 15 is 0 Å². The molecule has 1 saturated carbocycles. The van der Waals surface area contributed by atoms with Gasteiger partial charge in [-0.1, -0.05) is 0 Å². The molecule has 0 aromatic heterocycles. The first-order valence-corrected chi connectivity index (χ1v) is 7.48. The third-order valence-electron chi connectivity index (χ3n) is 3.81. The van der Waals surface area contributed by atoms with Gasteiger partial charge in [-0.2, -0.15) is 0 Å². The first kappa shape index (κ1) is 12.8. The molecule has 1 heterocycles. The summed E-state index contributed by atoms with van der Waals surface area (Å²) >= 11 is 0. The highest BCUT2D eigenvalue weighted by molar-refractivity contribution is 5.50. The highest BCUT2D eigenvalue weighted by Crippen LogP contribution is 2.26. The SMILES string of the molecule is CC(C)Oc1ccc(N2CCC(NC3CC3)C2)cc1. The molecule has 3 nitrogen and oxygen atoms in total. The molecule has 0 amide bonds. The minimum absolute atomic E-state index is 0.241. The number of benzene rings is 1. The topological polar surface area (TPSA) is 24.5 Å². The van der Waals surface area contributed by atoms with Crippen molar-refractivity contribution < 1.29 is 4.74 Å². The summed E-state index contributed by atoms with van der Waals surface area (Å²) in [5, 5.41) is 3.72. The van der Waals surface area contributed by atoms with Crippen LogP contribution in [-0.4, -0.2) is 31.3 Å². The third-order valence-corrected chi connectivity index (χ3v) is 3.81. The van der Waals surface area contributed by atoms with Crippen molar-refractivity contribution in [2.24, 2.45) is 0 Å². The molecule has 0 radical (unpaired) electrons. The predicted octanol–water partition coefficient (Wildman–Crippen LogP) is 2.80. The highest BCUT2D eigenvalue weighted by Gasteiger charge is 2.29. The zero-order valence-electron chi connectivity index (χ0n) is 11.9. The number of hydrogen-bond donors (Lipinski definition) is 1. The van der Waals surface area contributed by atoms with E-state index in [1.54, 1.807) is 0 Å². The Bertz CT molecular complexity index is 411. The number of nitrogens with one attached hydrogen (secondary N) is 1. The van der Waals surface area contributed by atoms with E-state index in [2.05, 4.69) is 48.3 Å². The summed E-state index contributed by atoms with van der Waals surface area (Å²) in [6.07, 6.45) is 4.25. The van der Waals surface area contributed by atoms with E-state index in [-0.39, 0.29) is 6.10 Å². The van der Waals surface area contributed by atoms with Gasteiger partial charge in [0.05, 0.1) is 6.10 Å². The maximum absolute atomic E-state index is 5.68. The van der Waals surface area contributed by atoms with Crippen molar-refractivity contribution in [3.63, 3.8) is 0 Å². The first-order chi connectivity index (χ1) is 9.20. The van der Waals surface area contributed by atoms with Crippen LogP contribution in [0.15, 0.2) is 24.3 Å². The summed E-state index contributed by atoms with van der Waals surface area (Å²) in [5.74, 6) is 0.964. The Kier molecular flexibility index (Phi) is 3.65. The summed E-state index contributed by atoms with van der Waals surface area (Å²) in [7, 11) is 0. The van der Waals surface area contributed by atoms with Crippen LogP contribution in [0.4, 0.5) is 5.69 Å². The molecular formula is C16H24N2O. The molecule has 104 valence electrons. The normalized spacial score (nSPS) is 23.1. The van der Waals surface area contributed by atoms with E-state index in [1.165, 1.54) is 24.9 Å². The van der Waals surface area contributed by atoms with E-state index < -0.39 is 0 Å². The minimum atomic E-state index is 0.241. The molecule has 3 heteroatoms. The van der Waals surface area contributed by atoms with Gasteiger partial charge in [-0.15, -0.1) is 0 Å². The van der Waals surface area contributed by atoms with Gasteiger partial charge in [0, 0.05) is 30.9 Å². The maximum Gasteiger partial charge on any atom is 0.119 e. The second kappa shape index (κ2) is 5.41. The molecule has 3 rings (SSSR count). The van der Waals surface area contributed by atoms with E-state index in [9.17, 15) is 0 Å². The molecule has 2 fully saturated rings. The highest BCUT2D eigenvalue weighted by atomic mass is 16.5. The molecule has 1 aromatic rings. The van der Waals surface area contributed by atoms with Gasteiger partial charge in [0.1, 0.15) is 5.75 Å². The van der Waals surface area contributed by atoms with Gasteiger partial charge >= 0.3 is 0 Å². The zero-order chi connectivity index (χ0) is 13.2. The van der Waals surface area contributed by atoms with Gasteiger partial charge in [-0.25, -0.2) is 0 Å². The molecule has 1 atom stereocenters. The quantitative estimate of drug-likeness (QED) is 0.881. The molecule has 1 aliphatic carbocycles. The third kappa shape index (κ3) is 3.41. The van der Waals surface area contributed by atoms with Gasteiger partial charge in [0.2, 0.25) is 0 Å². The van der Waals surface area contributed by atoms with Crippen molar-refractivity contribution in [2.45, 2.75) is 51.3 Å². The van der Waals surface area contributed by atoms with Crippen LogP contribution in [0.1, 0.15) is 33.1 Å². The van der Waals surface area contributed by atoms with Gasteiger partial charge in [-0.05, 0) is 57.4 Å². The monoisotopic (exact) mass is 260 g/mol. The molecule has 1 aliphatic heterocycles. The van der Waals surface area contributed by atoms with Crippen molar-refractivity contribution >= 4 is 5.69 Å². The van der Waals surface area contributed by atoms with Crippen LogP contribution in [0.5, 0.6) is 5.75 Å². The van der Waals surface area contributed by atoms with E-state index in [1.807, 2.05) is 0 Å². The summed E-state index contributed by atoms with van der Waals surface area (Å²) in [6.45, 7) is 6.42. The molecule has 1 N–H and O–H groups in total. The Labute approximate surface area is 115 Å². The molecular weight excluding hydrogens is 236 g/mol. The average Bonchev–Trinajstić information content (AvgIpc) is 3.06. The summed E-state index contributed by atoms with van der Waals surface area (Å²) in [4.78, 5) is 2.47. The van der Waals surface area contributed by atoms with Crippen LogP contribution in [0.2, 0.25) is 0 Å². The molecule has 0 spiro atoms. The van der Waals surface area contributed by atoms with E-state index in [4.69, 9.17) is 4.74 Å². The summed E-state index contributed by atoms with van der Waals surface area (Å²) in [6, 6.07) is 10.0. The number of anilines is 1. The second-order valence-electron chi connectivity index (χ2n) is 6.03. The van der Waals surface area contributed by atoms with Crippen molar-refractivity contribution in [3.05, 3.63) is 24.3 Å². The van der Waals surface area contributed by atoms with E-state index in [0.717, 1.165) is 24.9 Å². The van der Waals surface area contributed by atoms with Crippen LogP contribution in [0, 0.1) is 0 Å². The van der Waals surface area contributed by atoms with Crippen molar-refractivity contribution in [3.8, 4) is 5.75 Å². The Morgan fingerprint density at radius 3 is 2.47 bits per heavy atom. The molecule has 0 bridgehead atoms. The van der Waals surface area contributed by atoms with Crippen molar-refractivity contribution in [1.29, 1.82) is 0 Å². The second-order valence-corrected chi connectivity index (χ2v) is 6.03. The van der Waals surface area contributed by atoms with Crippen LogP contribution >= 0.6 is 0 Å². The van der Waals surface area contributed by atoms with Crippen LogP contribution in [0.3, 0.4) is 0 Å². The zero-order valence-corrected chi connectivity index (χ0v) is 11.9. The number of rotatable bonds is 5. The molecule has 19 heavy (non-hydrogen) atoms. The smallest absolute Gasteiger partial charge is 0.119 e. The van der Waals surface area contributed by atoms with Gasteiger partial charge in [0.25, 0.3) is 0 Å². The van der Waals surface area contributed by atoms with Crippen LogP contribution in [-0.2, 0) is 0 Å². The lowest BCUT2D eigenvalue weighted by atomic mass is 10.2. The fraction of sp³-hybridized carbons (Fsp3) is 0.625.